The Morgan fingerprint density at radius 3 is 1.45 bits per heavy atom. The van der Waals surface area contributed by atoms with Crippen molar-refractivity contribution in [3.05, 3.63) is 71.8 Å². The van der Waals surface area contributed by atoms with E-state index >= 15 is 0 Å². The van der Waals surface area contributed by atoms with Crippen molar-refractivity contribution in [1.29, 1.82) is 0 Å². The molecule has 2 aromatic carbocycles. The number of carbonyl (C=O) groups is 2. The third-order valence-electron chi connectivity index (χ3n) is 2.77. The van der Waals surface area contributed by atoms with Crippen LogP contribution in [0.15, 0.2) is 60.7 Å². The van der Waals surface area contributed by atoms with Crippen LogP contribution in [-0.2, 0) is 0 Å². The van der Waals surface area contributed by atoms with E-state index in [9.17, 15) is 9.59 Å². The average Bonchev–Trinajstić information content (AvgIpc) is 2.49. The number of carbonyl (C=O) groups excluding carboxylic acids is 2. The Balaban J connectivity index is 1.91. The van der Waals surface area contributed by atoms with Crippen LogP contribution in [0, 0.1) is 0 Å². The van der Waals surface area contributed by atoms with Crippen molar-refractivity contribution in [1.82, 2.24) is 10.6 Å². The Morgan fingerprint density at radius 2 is 1.10 bits per heavy atom. The summed E-state index contributed by atoms with van der Waals surface area (Å²) in [4.78, 5) is 23.8. The zero-order chi connectivity index (χ0) is 14.4. The summed E-state index contributed by atoms with van der Waals surface area (Å²) in [6, 6.07) is 17.8. The molecule has 0 saturated heterocycles. The van der Waals surface area contributed by atoms with E-state index in [0.29, 0.717) is 11.1 Å². The zero-order valence-electron chi connectivity index (χ0n) is 11.2. The molecule has 0 fully saturated rings. The highest BCUT2D eigenvalue weighted by molar-refractivity contribution is 5.96. The minimum Gasteiger partial charge on any atom is -0.332 e. The summed E-state index contributed by atoms with van der Waals surface area (Å²) in [6.45, 7) is 1.72. The molecule has 102 valence electrons. The Kier molecular flexibility index (Phi) is 4.50. The van der Waals surface area contributed by atoms with Gasteiger partial charge in [0.1, 0.15) is 0 Å². The molecular weight excluding hydrogens is 252 g/mol. The molecule has 0 aliphatic rings. The molecule has 0 heterocycles. The fourth-order valence-electron chi connectivity index (χ4n) is 1.78. The van der Waals surface area contributed by atoms with Crippen LogP contribution in [0.1, 0.15) is 27.6 Å². The fourth-order valence-corrected chi connectivity index (χ4v) is 1.78. The molecular formula is C16H16N2O2. The van der Waals surface area contributed by atoms with E-state index in [1.54, 1.807) is 55.5 Å². The van der Waals surface area contributed by atoms with Crippen LogP contribution in [0.2, 0.25) is 0 Å². The van der Waals surface area contributed by atoms with Crippen LogP contribution in [0.4, 0.5) is 0 Å². The molecule has 0 saturated carbocycles. The van der Waals surface area contributed by atoms with Gasteiger partial charge in [0, 0.05) is 11.1 Å². The van der Waals surface area contributed by atoms with Crippen molar-refractivity contribution in [2.24, 2.45) is 0 Å². The molecule has 2 rings (SSSR count). The first-order valence-electron chi connectivity index (χ1n) is 6.38. The highest BCUT2D eigenvalue weighted by Gasteiger charge is 2.12. The Hall–Kier alpha value is -2.62. The van der Waals surface area contributed by atoms with E-state index in [-0.39, 0.29) is 11.8 Å². The van der Waals surface area contributed by atoms with Crippen LogP contribution >= 0.6 is 0 Å². The van der Waals surface area contributed by atoms with Gasteiger partial charge >= 0.3 is 0 Å². The first kappa shape index (κ1) is 13.8. The van der Waals surface area contributed by atoms with Gasteiger partial charge in [-0.25, -0.2) is 0 Å². The largest absolute Gasteiger partial charge is 0.332 e. The monoisotopic (exact) mass is 268 g/mol. The van der Waals surface area contributed by atoms with Gasteiger partial charge in [0.05, 0.1) is 6.17 Å². The van der Waals surface area contributed by atoms with Gasteiger partial charge in [-0.1, -0.05) is 36.4 Å². The molecule has 0 aromatic heterocycles. The SMILES string of the molecule is CC(NC(=O)c1ccccc1)NC(=O)c1ccccc1. The Labute approximate surface area is 117 Å². The van der Waals surface area contributed by atoms with Crippen molar-refractivity contribution in [2.75, 3.05) is 0 Å². The van der Waals surface area contributed by atoms with E-state index in [1.165, 1.54) is 0 Å². The average molecular weight is 268 g/mol. The second-order valence-corrected chi connectivity index (χ2v) is 4.40. The summed E-state index contributed by atoms with van der Waals surface area (Å²) in [5, 5.41) is 5.45. The molecule has 0 unspecified atom stereocenters. The first-order valence-corrected chi connectivity index (χ1v) is 6.38. The predicted molar refractivity (Wildman–Crippen MR) is 77.3 cm³/mol. The molecule has 0 atom stereocenters. The van der Waals surface area contributed by atoms with Gasteiger partial charge in [0.15, 0.2) is 0 Å². The second kappa shape index (κ2) is 6.52. The highest BCUT2D eigenvalue weighted by Crippen LogP contribution is 2.00. The van der Waals surface area contributed by atoms with E-state index < -0.39 is 6.17 Å². The number of amides is 2. The maximum atomic E-state index is 11.9. The fraction of sp³-hybridized carbons (Fsp3) is 0.125. The van der Waals surface area contributed by atoms with E-state index in [1.807, 2.05) is 12.1 Å². The van der Waals surface area contributed by atoms with E-state index in [0.717, 1.165) is 0 Å². The van der Waals surface area contributed by atoms with Gasteiger partial charge in [0.2, 0.25) is 0 Å². The van der Waals surface area contributed by atoms with E-state index in [4.69, 9.17) is 0 Å². The highest BCUT2D eigenvalue weighted by atomic mass is 16.2. The summed E-state index contributed by atoms with van der Waals surface area (Å²) in [6.07, 6.45) is -0.449. The number of hydrogen-bond donors (Lipinski definition) is 2. The molecule has 4 heteroatoms. The van der Waals surface area contributed by atoms with Crippen LogP contribution in [0.5, 0.6) is 0 Å². The molecule has 2 N–H and O–H groups in total. The van der Waals surface area contributed by atoms with E-state index in [2.05, 4.69) is 10.6 Å². The van der Waals surface area contributed by atoms with Crippen molar-refractivity contribution in [2.45, 2.75) is 13.1 Å². The Bertz CT molecular complexity index is 528. The third-order valence-corrected chi connectivity index (χ3v) is 2.77. The number of benzene rings is 2. The van der Waals surface area contributed by atoms with Gasteiger partial charge in [-0.05, 0) is 31.2 Å². The van der Waals surface area contributed by atoms with Crippen LogP contribution in [0.3, 0.4) is 0 Å². The minimum atomic E-state index is -0.449. The summed E-state index contributed by atoms with van der Waals surface area (Å²) >= 11 is 0. The molecule has 0 spiro atoms. The summed E-state index contributed by atoms with van der Waals surface area (Å²) in [7, 11) is 0. The lowest BCUT2D eigenvalue weighted by Gasteiger charge is -2.15. The smallest absolute Gasteiger partial charge is 0.252 e. The van der Waals surface area contributed by atoms with Crippen LogP contribution in [-0.4, -0.2) is 18.0 Å². The van der Waals surface area contributed by atoms with Gasteiger partial charge in [-0.2, -0.15) is 0 Å². The third kappa shape index (κ3) is 3.68. The molecule has 4 nitrogen and oxygen atoms in total. The summed E-state index contributed by atoms with van der Waals surface area (Å²) in [5.74, 6) is -0.432. The van der Waals surface area contributed by atoms with Crippen molar-refractivity contribution in [3.63, 3.8) is 0 Å². The lowest BCUT2D eigenvalue weighted by Crippen LogP contribution is -2.45. The zero-order valence-corrected chi connectivity index (χ0v) is 11.2. The number of hydrogen-bond acceptors (Lipinski definition) is 2. The maximum Gasteiger partial charge on any atom is 0.252 e. The Morgan fingerprint density at radius 1 is 0.750 bits per heavy atom. The molecule has 0 aliphatic carbocycles. The maximum absolute atomic E-state index is 11.9. The molecule has 2 aromatic rings. The van der Waals surface area contributed by atoms with Crippen molar-refractivity contribution in [3.8, 4) is 0 Å². The summed E-state index contributed by atoms with van der Waals surface area (Å²) < 4.78 is 0. The topological polar surface area (TPSA) is 58.2 Å². The quantitative estimate of drug-likeness (QED) is 0.835. The normalized spacial score (nSPS) is 10.1. The van der Waals surface area contributed by atoms with Gasteiger partial charge < -0.3 is 10.6 Å². The molecule has 0 radical (unpaired) electrons. The summed E-state index contributed by atoms with van der Waals surface area (Å²) in [5.41, 5.74) is 1.13. The molecule has 20 heavy (non-hydrogen) atoms. The molecule has 0 aliphatic heterocycles. The van der Waals surface area contributed by atoms with Crippen LogP contribution in [0.25, 0.3) is 0 Å². The van der Waals surface area contributed by atoms with Crippen molar-refractivity contribution >= 4 is 11.8 Å². The number of rotatable bonds is 4. The van der Waals surface area contributed by atoms with Gasteiger partial charge in [-0.15, -0.1) is 0 Å². The first-order chi connectivity index (χ1) is 9.66. The molecule has 2 amide bonds. The second-order valence-electron chi connectivity index (χ2n) is 4.40. The molecule has 0 bridgehead atoms. The van der Waals surface area contributed by atoms with Crippen molar-refractivity contribution < 1.29 is 9.59 Å². The standard InChI is InChI=1S/C16H16N2O2/c1-12(17-15(19)13-8-4-2-5-9-13)18-16(20)14-10-6-3-7-11-14/h2-12H,1H3,(H,17,19)(H,18,20). The van der Waals surface area contributed by atoms with Gasteiger partial charge in [-0.3, -0.25) is 9.59 Å². The lowest BCUT2D eigenvalue weighted by molar-refractivity contribution is 0.0891. The minimum absolute atomic E-state index is 0.216. The predicted octanol–water partition coefficient (Wildman–Crippen LogP) is 2.19. The van der Waals surface area contributed by atoms with Gasteiger partial charge in [0.25, 0.3) is 11.8 Å². The lowest BCUT2D eigenvalue weighted by atomic mass is 10.2. The number of nitrogens with one attached hydrogen (secondary N) is 2. The van der Waals surface area contributed by atoms with Crippen LogP contribution < -0.4 is 10.6 Å².